The molecule has 0 heterocycles. The molecule has 0 aliphatic heterocycles. The Hall–Kier alpha value is -1.62. The summed E-state index contributed by atoms with van der Waals surface area (Å²) in [6, 6.07) is 4.03. The van der Waals surface area contributed by atoms with Crippen molar-refractivity contribution in [3.05, 3.63) is 29.6 Å². The Morgan fingerprint density at radius 3 is 2.83 bits per heavy atom. The van der Waals surface area contributed by atoms with E-state index in [1.807, 2.05) is 6.92 Å². The average molecular weight is 254 g/mol. The molecule has 0 spiro atoms. The quantitative estimate of drug-likeness (QED) is 0.812. The normalized spacial score (nSPS) is 12.0. The Bertz CT molecular complexity index is 410. The van der Waals surface area contributed by atoms with E-state index in [4.69, 9.17) is 10.5 Å². The maximum atomic E-state index is 13.4. The van der Waals surface area contributed by atoms with Crippen molar-refractivity contribution in [2.24, 2.45) is 5.73 Å². The van der Waals surface area contributed by atoms with Crippen molar-refractivity contribution >= 4 is 5.91 Å². The van der Waals surface area contributed by atoms with Crippen LogP contribution in [0, 0.1) is 5.82 Å². The van der Waals surface area contributed by atoms with Gasteiger partial charge in [0, 0.05) is 18.2 Å². The lowest BCUT2D eigenvalue weighted by molar-refractivity contribution is 0.0950. The number of amides is 1. The molecule has 0 aliphatic carbocycles. The second-order valence-electron chi connectivity index (χ2n) is 4.11. The zero-order chi connectivity index (χ0) is 13.5. The third-order valence-corrected chi connectivity index (χ3v) is 2.60. The molecule has 0 fully saturated rings. The second kappa shape index (κ2) is 6.96. The van der Waals surface area contributed by atoms with Gasteiger partial charge in [0.25, 0.3) is 5.91 Å². The fourth-order valence-corrected chi connectivity index (χ4v) is 1.61. The number of methoxy groups -OCH3 is 1. The minimum Gasteiger partial charge on any atom is -0.494 e. The van der Waals surface area contributed by atoms with Crippen molar-refractivity contribution in [1.29, 1.82) is 0 Å². The van der Waals surface area contributed by atoms with Gasteiger partial charge in [-0.2, -0.15) is 0 Å². The molecule has 18 heavy (non-hydrogen) atoms. The lowest BCUT2D eigenvalue weighted by Crippen LogP contribution is -2.37. The maximum absolute atomic E-state index is 13.4. The van der Waals surface area contributed by atoms with Crippen LogP contribution in [0.15, 0.2) is 18.2 Å². The minimum absolute atomic E-state index is 0.0676. The van der Waals surface area contributed by atoms with E-state index in [0.717, 1.165) is 18.9 Å². The summed E-state index contributed by atoms with van der Waals surface area (Å²) in [5, 5.41) is 2.68. The highest BCUT2D eigenvalue weighted by Gasteiger charge is 2.10. The summed E-state index contributed by atoms with van der Waals surface area (Å²) < 4.78 is 18.2. The third kappa shape index (κ3) is 4.00. The van der Waals surface area contributed by atoms with Crippen LogP contribution in [0.25, 0.3) is 0 Å². The summed E-state index contributed by atoms with van der Waals surface area (Å²) in [6.07, 6.45) is 1.81. The Morgan fingerprint density at radius 2 is 2.28 bits per heavy atom. The standard InChI is InChI=1S/C13H19FN2O2/c1-3-4-10(15)8-16-13(17)9-5-6-12(18-2)11(14)7-9/h5-7,10H,3-4,8,15H2,1-2H3,(H,16,17). The highest BCUT2D eigenvalue weighted by molar-refractivity contribution is 5.94. The van der Waals surface area contributed by atoms with Gasteiger partial charge in [0.15, 0.2) is 11.6 Å². The first-order valence-electron chi connectivity index (χ1n) is 5.95. The number of rotatable bonds is 6. The van der Waals surface area contributed by atoms with E-state index in [1.54, 1.807) is 0 Å². The van der Waals surface area contributed by atoms with Gasteiger partial charge in [-0.3, -0.25) is 4.79 Å². The molecule has 1 aromatic carbocycles. The molecule has 0 radical (unpaired) electrons. The van der Waals surface area contributed by atoms with Crippen LogP contribution in [0.4, 0.5) is 4.39 Å². The monoisotopic (exact) mass is 254 g/mol. The highest BCUT2D eigenvalue weighted by atomic mass is 19.1. The fourth-order valence-electron chi connectivity index (χ4n) is 1.61. The van der Waals surface area contributed by atoms with Crippen LogP contribution in [-0.2, 0) is 0 Å². The first-order valence-corrected chi connectivity index (χ1v) is 5.95. The molecule has 1 unspecified atom stereocenters. The van der Waals surface area contributed by atoms with Gasteiger partial charge in [-0.15, -0.1) is 0 Å². The number of nitrogens with one attached hydrogen (secondary N) is 1. The Labute approximate surface area is 106 Å². The van der Waals surface area contributed by atoms with Crippen LogP contribution in [0.5, 0.6) is 5.75 Å². The molecule has 1 atom stereocenters. The number of carbonyl (C=O) groups excluding carboxylic acids is 1. The fraction of sp³-hybridized carbons (Fsp3) is 0.462. The molecular weight excluding hydrogens is 235 g/mol. The van der Waals surface area contributed by atoms with Crippen LogP contribution in [0.3, 0.4) is 0 Å². The largest absolute Gasteiger partial charge is 0.494 e. The first-order chi connectivity index (χ1) is 8.58. The molecule has 100 valence electrons. The number of nitrogens with two attached hydrogens (primary N) is 1. The van der Waals surface area contributed by atoms with E-state index in [9.17, 15) is 9.18 Å². The van der Waals surface area contributed by atoms with Gasteiger partial charge in [-0.1, -0.05) is 13.3 Å². The van der Waals surface area contributed by atoms with Crippen molar-refractivity contribution in [2.75, 3.05) is 13.7 Å². The molecule has 0 bridgehead atoms. The van der Waals surface area contributed by atoms with Crippen LogP contribution in [-0.4, -0.2) is 25.6 Å². The zero-order valence-electron chi connectivity index (χ0n) is 10.7. The van der Waals surface area contributed by atoms with Crippen molar-refractivity contribution in [3.63, 3.8) is 0 Å². The van der Waals surface area contributed by atoms with Gasteiger partial charge < -0.3 is 15.8 Å². The summed E-state index contributed by atoms with van der Waals surface area (Å²) in [4.78, 5) is 11.7. The number of benzene rings is 1. The molecule has 4 nitrogen and oxygen atoms in total. The lowest BCUT2D eigenvalue weighted by atomic mass is 10.1. The third-order valence-electron chi connectivity index (χ3n) is 2.60. The van der Waals surface area contributed by atoms with E-state index < -0.39 is 5.82 Å². The molecule has 1 rings (SSSR count). The van der Waals surface area contributed by atoms with E-state index in [-0.39, 0.29) is 23.3 Å². The number of hydrogen-bond acceptors (Lipinski definition) is 3. The summed E-state index contributed by atoms with van der Waals surface area (Å²) >= 11 is 0. The second-order valence-corrected chi connectivity index (χ2v) is 4.11. The summed E-state index contributed by atoms with van der Waals surface area (Å²) in [6.45, 7) is 2.42. The number of ether oxygens (including phenoxy) is 1. The topological polar surface area (TPSA) is 64.3 Å². The molecule has 3 N–H and O–H groups in total. The molecule has 5 heteroatoms. The predicted molar refractivity (Wildman–Crippen MR) is 68.2 cm³/mol. The SMILES string of the molecule is CCCC(N)CNC(=O)c1ccc(OC)c(F)c1. The van der Waals surface area contributed by atoms with Crippen molar-refractivity contribution in [2.45, 2.75) is 25.8 Å². The predicted octanol–water partition coefficient (Wildman–Crippen LogP) is 1.69. The van der Waals surface area contributed by atoms with Crippen LogP contribution < -0.4 is 15.8 Å². The Morgan fingerprint density at radius 1 is 1.56 bits per heavy atom. The summed E-state index contributed by atoms with van der Waals surface area (Å²) in [5.41, 5.74) is 6.04. The number of carbonyl (C=O) groups is 1. The number of halogens is 1. The summed E-state index contributed by atoms with van der Waals surface area (Å²) in [5.74, 6) is -0.764. The minimum atomic E-state index is -0.553. The van der Waals surface area contributed by atoms with Gasteiger partial charge in [-0.05, 0) is 24.6 Å². The van der Waals surface area contributed by atoms with Crippen molar-refractivity contribution in [1.82, 2.24) is 5.32 Å². The van der Waals surface area contributed by atoms with Crippen molar-refractivity contribution < 1.29 is 13.9 Å². The molecule has 1 amide bonds. The molecule has 0 aromatic heterocycles. The van der Waals surface area contributed by atoms with E-state index in [0.29, 0.717) is 6.54 Å². The van der Waals surface area contributed by atoms with Crippen LogP contribution in [0.1, 0.15) is 30.1 Å². The van der Waals surface area contributed by atoms with Gasteiger partial charge in [0.05, 0.1) is 7.11 Å². The molecule has 0 saturated heterocycles. The Balaban J connectivity index is 2.59. The van der Waals surface area contributed by atoms with E-state index in [2.05, 4.69) is 5.32 Å². The Kier molecular flexibility index (Phi) is 5.58. The molecular formula is C13H19FN2O2. The molecule has 0 aliphatic rings. The molecule has 1 aromatic rings. The molecule has 0 saturated carbocycles. The van der Waals surface area contributed by atoms with E-state index in [1.165, 1.54) is 19.2 Å². The number of hydrogen-bond donors (Lipinski definition) is 2. The summed E-state index contributed by atoms with van der Waals surface area (Å²) in [7, 11) is 1.38. The van der Waals surface area contributed by atoms with Crippen LogP contribution in [0.2, 0.25) is 0 Å². The van der Waals surface area contributed by atoms with Crippen LogP contribution >= 0.6 is 0 Å². The average Bonchev–Trinajstić information content (AvgIpc) is 2.36. The van der Waals surface area contributed by atoms with Gasteiger partial charge in [0.2, 0.25) is 0 Å². The van der Waals surface area contributed by atoms with Gasteiger partial charge >= 0.3 is 0 Å². The maximum Gasteiger partial charge on any atom is 0.251 e. The lowest BCUT2D eigenvalue weighted by Gasteiger charge is -2.12. The zero-order valence-corrected chi connectivity index (χ0v) is 10.7. The van der Waals surface area contributed by atoms with E-state index >= 15 is 0 Å². The highest BCUT2D eigenvalue weighted by Crippen LogP contribution is 2.17. The first kappa shape index (κ1) is 14.4. The van der Waals surface area contributed by atoms with Gasteiger partial charge in [0.1, 0.15) is 0 Å². The van der Waals surface area contributed by atoms with Gasteiger partial charge in [-0.25, -0.2) is 4.39 Å². The smallest absolute Gasteiger partial charge is 0.251 e. The van der Waals surface area contributed by atoms with Crippen molar-refractivity contribution in [3.8, 4) is 5.75 Å².